The van der Waals surface area contributed by atoms with Crippen molar-refractivity contribution in [3.63, 3.8) is 0 Å². The number of allylic oxidation sites excluding steroid dienone is 1. The Kier molecular flexibility index (Phi) is 22.8. The topological polar surface area (TPSA) is 77.6 Å². The second kappa shape index (κ2) is 28.9. The van der Waals surface area contributed by atoms with Crippen LogP contribution in [0.4, 0.5) is 5.82 Å². The number of unbranched alkanes of at least 4 members (excludes halogenated alkanes) is 4. The summed E-state index contributed by atoms with van der Waals surface area (Å²) in [5, 5.41) is 0. The standard InChI is InChI=1S/C56H85N6O4/c1-9-13-17-45(5)29-41-63-49-21-33-59(34-22-49)53-54(60-35-23-50(24-36-60)64-42-30-46(6)18-14-10-2)58-56(62-39-27-52(28-40-62)66-44-32-48(8)20-16-12-4)55(57-53)61-37-25-51(26-38-61)65-43-31-47(7)19-15-11-3/h21-28,33-39,45-48H,9-20,29-32,40-44H2,1-8H3/q+3. The number of aromatic nitrogens is 5. The molecule has 1 aliphatic rings. The maximum Gasteiger partial charge on any atom is 0.427 e. The van der Waals surface area contributed by atoms with Crippen molar-refractivity contribution in [1.82, 2.24) is 9.97 Å². The van der Waals surface area contributed by atoms with Crippen LogP contribution in [0.1, 0.15) is 158 Å². The summed E-state index contributed by atoms with van der Waals surface area (Å²) in [4.78, 5) is 13.1. The SMILES string of the molecule is CCCCC(C)CCOC1=CCN(c2nc(-[n+]3ccc(OCCC(C)CCCC)cc3)c(-[n+]3ccc(OCCC(C)CCCC)cc3)nc2-[n+]2ccc(OCCC(C)CCCC)cc2)C=C1. The molecule has 0 spiro atoms. The van der Waals surface area contributed by atoms with Crippen molar-refractivity contribution < 1.29 is 32.6 Å². The van der Waals surface area contributed by atoms with E-state index in [2.05, 4.69) is 72.6 Å². The Morgan fingerprint density at radius 1 is 0.470 bits per heavy atom. The molecule has 0 aliphatic carbocycles. The second-order valence-corrected chi connectivity index (χ2v) is 19.0. The minimum Gasteiger partial charge on any atom is -0.494 e. The first-order valence-electron chi connectivity index (χ1n) is 25.8. The molecule has 0 saturated heterocycles. The van der Waals surface area contributed by atoms with E-state index in [1.54, 1.807) is 0 Å². The van der Waals surface area contributed by atoms with Crippen LogP contribution in [0.25, 0.3) is 17.5 Å². The molecule has 0 radical (unpaired) electrons. The predicted molar refractivity (Wildman–Crippen MR) is 267 cm³/mol. The average Bonchev–Trinajstić information content (AvgIpc) is 3.34. The Hall–Kier alpha value is -4.99. The van der Waals surface area contributed by atoms with Gasteiger partial charge in [0.05, 0.1) is 38.8 Å². The molecule has 360 valence electrons. The van der Waals surface area contributed by atoms with Crippen molar-refractivity contribution in [2.45, 2.75) is 158 Å². The molecule has 0 bridgehead atoms. The quantitative estimate of drug-likeness (QED) is 0.0452. The highest BCUT2D eigenvalue weighted by molar-refractivity contribution is 5.57. The molecule has 4 unspecified atom stereocenters. The molecular weight excluding hydrogens is 821 g/mol. The molecule has 10 heteroatoms. The van der Waals surface area contributed by atoms with Gasteiger partial charge in [0.25, 0.3) is 0 Å². The average molecular weight is 906 g/mol. The maximum atomic E-state index is 6.28. The number of nitrogens with zero attached hydrogens (tertiary/aromatic N) is 6. The Bertz CT molecular complexity index is 2020. The summed E-state index contributed by atoms with van der Waals surface area (Å²) in [5.74, 6) is 8.71. The van der Waals surface area contributed by atoms with E-state index >= 15 is 0 Å². The lowest BCUT2D eigenvalue weighted by Crippen LogP contribution is -2.44. The summed E-state index contributed by atoms with van der Waals surface area (Å²) in [7, 11) is 0. The molecule has 66 heavy (non-hydrogen) atoms. The molecule has 10 nitrogen and oxygen atoms in total. The summed E-state index contributed by atoms with van der Waals surface area (Å²) in [6.45, 7) is 21.7. The molecule has 0 aromatic carbocycles. The summed E-state index contributed by atoms with van der Waals surface area (Å²) in [6, 6.07) is 12.1. The predicted octanol–water partition coefficient (Wildman–Crippen LogP) is 12.5. The van der Waals surface area contributed by atoms with Crippen molar-refractivity contribution in [3.8, 4) is 34.7 Å². The largest absolute Gasteiger partial charge is 0.494 e. The van der Waals surface area contributed by atoms with Gasteiger partial charge in [-0.05, 0) is 66.5 Å². The van der Waals surface area contributed by atoms with Gasteiger partial charge in [-0.25, -0.2) is 0 Å². The number of hydrogen-bond donors (Lipinski definition) is 0. The first-order chi connectivity index (χ1) is 32.2. The number of rotatable bonds is 32. The van der Waals surface area contributed by atoms with Gasteiger partial charge in [-0.15, -0.1) is 0 Å². The molecule has 4 aromatic rings. The van der Waals surface area contributed by atoms with E-state index in [9.17, 15) is 0 Å². The van der Waals surface area contributed by atoms with Crippen LogP contribution >= 0.6 is 0 Å². The minimum atomic E-state index is 0.583. The van der Waals surface area contributed by atoms with Gasteiger partial charge >= 0.3 is 23.3 Å². The first kappa shape index (κ1) is 52.0. The van der Waals surface area contributed by atoms with E-state index in [4.69, 9.17) is 28.9 Å². The normalized spacial score (nSPS) is 14.4. The van der Waals surface area contributed by atoms with E-state index in [1.165, 1.54) is 77.0 Å². The third kappa shape index (κ3) is 17.3. The fraction of sp³-hybridized carbons (Fsp3) is 0.589. The third-order valence-corrected chi connectivity index (χ3v) is 12.9. The molecule has 0 saturated carbocycles. The lowest BCUT2D eigenvalue weighted by Gasteiger charge is -2.20. The van der Waals surface area contributed by atoms with Gasteiger partial charge in [0, 0.05) is 54.1 Å². The van der Waals surface area contributed by atoms with Gasteiger partial charge in [0.1, 0.15) is 47.8 Å². The van der Waals surface area contributed by atoms with Crippen LogP contribution in [0.3, 0.4) is 0 Å². The Morgan fingerprint density at radius 2 is 0.818 bits per heavy atom. The molecular formula is C56H85N6O4+3. The molecule has 1 aliphatic heterocycles. The highest BCUT2D eigenvalue weighted by Gasteiger charge is 2.37. The first-order valence-corrected chi connectivity index (χ1v) is 25.8. The molecule has 5 heterocycles. The zero-order chi connectivity index (χ0) is 46.9. The summed E-state index contributed by atoms with van der Waals surface area (Å²) < 4.78 is 31.1. The van der Waals surface area contributed by atoms with E-state index in [0.717, 1.165) is 48.7 Å². The fourth-order valence-corrected chi connectivity index (χ4v) is 8.11. The number of ether oxygens (including phenoxy) is 4. The van der Waals surface area contributed by atoms with Crippen LogP contribution in [-0.4, -0.2) is 42.9 Å². The Labute approximate surface area is 399 Å². The van der Waals surface area contributed by atoms with Crippen LogP contribution in [0.2, 0.25) is 0 Å². The van der Waals surface area contributed by atoms with Crippen molar-refractivity contribution >= 4 is 5.82 Å². The molecule has 5 rings (SSSR count). The van der Waals surface area contributed by atoms with Crippen molar-refractivity contribution in [1.29, 1.82) is 0 Å². The highest BCUT2D eigenvalue weighted by Crippen LogP contribution is 2.25. The number of hydrogen-bond acceptors (Lipinski definition) is 7. The second-order valence-electron chi connectivity index (χ2n) is 19.0. The highest BCUT2D eigenvalue weighted by atomic mass is 16.5. The molecule has 4 aromatic heterocycles. The van der Waals surface area contributed by atoms with Gasteiger partial charge in [-0.1, -0.05) is 132 Å². The van der Waals surface area contributed by atoms with Gasteiger partial charge in [0.2, 0.25) is 0 Å². The summed E-state index contributed by atoms with van der Waals surface area (Å²) in [6.07, 6.45) is 37.4. The zero-order valence-electron chi connectivity index (χ0n) is 42.1. The van der Waals surface area contributed by atoms with E-state index in [1.807, 2.05) is 93.4 Å². The molecule has 0 amide bonds. The minimum absolute atomic E-state index is 0.583. The Morgan fingerprint density at radius 3 is 1.17 bits per heavy atom. The third-order valence-electron chi connectivity index (χ3n) is 12.9. The fourth-order valence-electron chi connectivity index (χ4n) is 8.11. The van der Waals surface area contributed by atoms with Crippen LogP contribution in [0, 0.1) is 23.7 Å². The maximum absolute atomic E-state index is 6.28. The summed E-state index contributed by atoms with van der Waals surface area (Å²) in [5.41, 5.74) is 0. The van der Waals surface area contributed by atoms with Crippen LogP contribution in [-0.2, 0) is 4.74 Å². The van der Waals surface area contributed by atoms with Gasteiger partial charge in [-0.3, -0.25) is 0 Å². The van der Waals surface area contributed by atoms with Crippen LogP contribution < -0.4 is 32.8 Å². The van der Waals surface area contributed by atoms with Gasteiger partial charge in [0.15, 0.2) is 0 Å². The lowest BCUT2D eigenvalue weighted by atomic mass is 10.0. The van der Waals surface area contributed by atoms with E-state index in [-0.39, 0.29) is 0 Å². The van der Waals surface area contributed by atoms with E-state index in [0.29, 0.717) is 79.9 Å². The van der Waals surface area contributed by atoms with Crippen molar-refractivity contribution in [3.05, 3.63) is 97.7 Å². The van der Waals surface area contributed by atoms with Crippen LogP contribution in [0.15, 0.2) is 97.7 Å². The van der Waals surface area contributed by atoms with E-state index < -0.39 is 0 Å². The molecule has 0 fully saturated rings. The molecule has 4 atom stereocenters. The number of pyridine rings is 3. The number of anilines is 1. The lowest BCUT2D eigenvalue weighted by molar-refractivity contribution is -0.641. The monoisotopic (exact) mass is 906 g/mol. The molecule has 0 N–H and O–H groups in total. The van der Waals surface area contributed by atoms with Gasteiger partial charge < -0.3 is 23.8 Å². The van der Waals surface area contributed by atoms with Gasteiger partial charge in [-0.2, -0.15) is 13.7 Å². The summed E-state index contributed by atoms with van der Waals surface area (Å²) >= 11 is 0. The van der Waals surface area contributed by atoms with Crippen molar-refractivity contribution in [2.75, 3.05) is 37.9 Å². The van der Waals surface area contributed by atoms with Crippen LogP contribution in [0.5, 0.6) is 17.2 Å². The van der Waals surface area contributed by atoms with Crippen molar-refractivity contribution in [2.24, 2.45) is 23.7 Å². The zero-order valence-corrected chi connectivity index (χ0v) is 42.1. The smallest absolute Gasteiger partial charge is 0.427 e. The Balaban J connectivity index is 1.48.